The molecule has 0 saturated heterocycles. The summed E-state index contributed by atoms with van der Waals surface area (Å²) < 4.78 is 23.7. The first kappa shape index (κ1) is 17.6. The number of hydrogen-bond donors (Lipinski definition) is 1. The Hall–Kier alpha value is -0.770. The number of rotatable bonds is 7. The normalized spacial score (nSPS) is 11.5. The summed E-state index contributed by atoms with van der Waals surface area (Å²) in [5, 5.41) is 7.33. The van der Waals surface area contributed by atoms with Gasteiger partial charge in [-0.15, -0.1) is 22.7 Å². The molecule has 0 saturated carbocycles. The molecule has 0 aromatic carbocycles. The van der Waals surface area contributed by atoms with Crippen molar-refractivity contribution in [2.24, 2.45) is 0 Å². The molecule has 0 atom stereocenters. The van der Waals surface area contributed by atoms with Crippen molar-refractivity contribution < 1.29 is 13.2 Å². The number of hydrogen-bond acceptors (Lipinski definition) is 6. The number of carbonyl (C=O) groups is 1. The molecule has 2 aromatic heterocycles. The Labute approximate surface area is 145 Å². The molecule has 0 bridgehead atoms. The summed E-state index contributed by atoms with van der Waals surface area (Å²) in [6, 6.07) is 1.99. The van der Waals surface area contributed by atoms with Gasteiger partial charge in [0.15, 0.2) is 9.84 Å². The molecule has 0 aliphatic heterocycles. The van der Waals surface area contributed by atoms with E-state index in [4.69, 9.17) is 0 Å². The van der Waals surface area contributed by atoms with Crippen LogP contribution in [0.3, 0.4) is 0 Å². The Morgan fingerprint density at radius 3 is 2.77 bits per heavy atom. The number of halogens is 1. The number of nitrogens with one attached hydrogen (secondary N) is 1. The molecule has 2 heterocycles. The van der Waals surface area contributed by atoms with Crippen LogP contribution in [0, 0.1) is 0 Å². The Morgan fingerprint density at radius 2 is 2.14 bits per heavy atom. The molecule has 0 fully saturated rings. The van der Waals surface area contributed by atoms with Gasteiger partial charge in [0.1, 0.15) is 5.01 Å². The highest BCUT2D eigenvalue weighted by Gasteiger charge is 2.12. The molecule has 0 unspecified atom stereocenters. The van der Waals surface area contributed by atoms with E-state index in [1.165, 1.54) is 11.3 Å². The summed E-state index contributed by atoms with van der Waals surface area (Å²) >= 11 is 6.48. The third kappa shape index (κ3) is 5.15. The van der Waals surface area contributed by atoms with Crippen LogP contribution in [0.5, 0.6) is 0 Å². The van der Waals surface area contributed by atoms with Gasteiger partial charge >= 0.3 is 0 Å². The van der Waals surface area contributed by atoms with Crippen molar-refractivity contribution >= 4 is 54.3 Å². The van der Waals surface area contributed by atoms with E-state index < -0.39 is 9.84 Å². The van der Waals surface area contributed by atoms with Gasteiger partial charge in [0.2, 0.25) is 5.91 Å². The quantitative estimate of drug-likeness (QED) is 0.743. The highest BCUT2D eigenvalue weighted by molar-refractivity contribution is 9.10. The summed E-state index contributed by atoms with van der Waals surface area (Å²) in [6.07, 6.45) is 0.162. The molecule has 1 N–H and O–H groups in total. The molecule has 120 valence electrons. The van der Waals surface area contributed by atoms with Gasteiger partial charge < -0.3 is 5.32 Å². The smallest absolute Gasteiger partial charge is 0.226 e. The SMILES string of the molecule is CCS(=O)(=O)CCNC(=O)Cc1csc(-c2cc(Br)cs2)n1. The lowest BCUT2D eigenvalue weighted by Gasteiger charge is -2.03. The van der Waals surface area contributed by atoms with Gasteiger partial charge in [0.25, 0.3) is 0 Å². The lowest BCUT2D eigenvalue weighted by molar-refractivity contribution is -0.120. The summed E-state index contributed by atoms with van der Waals surface area (Å²) in [5.41, 5.74) is 0.695. The minimum atomic E-state index is -3.05. The molecule has 22 heavy (non-hydrogen) atoms. The average molecular weight is 423 g/mol. The van der Waals surface area contributed by atoms with Gasteiger partial charge in [0, 0.05) is 27.5 Å². The van der Waals surface area contributed by atoms with E-state index in [1.807, 2.05) is 16.8 Å². The van der Waals surface area contributed by atoms with Crippen molar-refractivity contribution in [2.75, 3.05) is 18.1 Å². The van der Waals surface area contributed by atoms with Crippen LogP contribution in [-0.2, 0) is 21.1 Å². The fourth-order valence-electron chi connectivity index (χ4n) is 1.64. The van der Waals surface area contributed by atoms with Crippen molar-refractivity contribution in [1.29, 1.82) is 0 Å². The number of aromatic nitrogens is 1. The van der Waals surface area contributed by atoms with E-state index in [1.54, 1.807) is 18.3 Å². The van der Waals surface area contributed by atoms with E-state index in [0.717, 1.165) is 14.4 Å². The lowest BCUT2D eigenvalue weighted by atomic mass is 10.3. The van der Waals surface area contributed by atoms with Gasteiger partial charge in [-0.25, -0.2) is 13.4 Å². The number of sulfone groups is 1. The Kier molecular flexibility index (Phi) is 6.13. The summed E-state index contributed by atoms with van der Waals surface area (Å²) in [7, 11) is -3.05. The van der Waals surface area contributed by atoms with Crippen molar-refractivity contribution in [3.63, 3.8) is 0 Å². The average Bonchev–Trinajstić information content (AvgIpc) is 3.07. The van der Waals surface area contributed by atoms with Crippen molar-refractivity contribution in [3.05, 3.63) is 27.0 Å². The Balaban J connectivity index is 1.86. The second-order valence-corrected chi connectivity index (χ2v) is 9.69. The molecule has 0 spiro atoms. The first-order valence-electron chi connectivity index (χ1n) is 6.55. The standard InChI is InChI=1S/C13H15BrN2O3S3/c1-2-22(18,19)4-3-15-12(17)6-10-8-21-13(16-10)11-5-9(14)7-20-11/h5,7-8H,2-4,6H2,1H3,(H,15,17). The molecule has 9 heteroatoms. The number of thiazole rings is 1. The van der Waals surface area contributed by atoms with Crippen molar-refractivity contribution in [2.45, 2.75) is 13.3 Å². The lowest BCUT2D eigenvalue weighted by Crippen LogP contribution is -2.30. The largest absolute Gasteiger partial charge is 0.355 e. The van der Waals surface area contributed by atoms with Gasteiger partial charge in [-0.3, -0.25) is 4.79 Å². The van der Waals surface area contributed by atoms with Crippen LogP contribution in [0.1, 0.15) is 12.6 Å². The predicted octanol–water partition coefficient (Wildman–Crippen LogP) is 2.73. The molecule has 0 aliphatic carbocycles. The molecule has 1 amide bonds. The van der Waals surface area contributed by atoms with Crippen molar-refractivity contribution in [1.82, 2.24) is 10.3 Å². The zero-order valence-electron chi connectivity index (χ0n) is 11.8. The van der Waals surface area contributed by atoms with Crippen LogP contribution < -0.4 is 5.32 Å². The fraction of sp³-hybridized carbons (Fsp3) is 0.385. The Bertz CT molecular complexity index is 752. The second-order valence-electron chi connectivity index (χ2n) is 4.54. The van der Waals surface area contributed by atoms with Crippen LogP contribution in [-0.4, -0.2) is 37.4 Å². The van der Waals surface area contributed by atoms with Crippen LogP contribution in [0.2, 0.25) is 0 Å². The molecule has 5 nitrogen and oxygen atoms in total. The predicted molar refractivity (Wildman–Crippen MR) is 94.2 cm³/mol. The van der Waals surface area contributed by atoms with Crippen LogP contribution in [0.4, 0.5) is 0 Å². The summed E-state index contributed by atoms with van der Waals surface area (Å²) in [4.78, 5) is 17.3. The van der Waals surface area contributed by atoms with Gasteiger partial charge in [-0.2, -0.15) is 0 Å². The van der Waals surface area contributed by atoms with E-state index in [2.05, 4.69) is 26.2 Å². The van der Waals surface area contributed by atoms with E-state index in [-0.39, 0.29) is 30.4 Å². The minimum absolute atomic E-state index is 0.0270. The number of amides is 1. The van der Waals surface area contributed by atoms with Crippen LogP contribution in [0.25, 0.3) is 9.88 Å². The van der Waals surface area contributed by atoms with Gasteiger partial charge in [0.05, 0.1) is 22.7 Å². The number of carbonyl (C=O) groups excluding carboxylic acids is 1. The maximum Gasteiger partial charge on any atom is 0.226 e. The molecular weight excluding hydrogens is 408 g/mol. The molecule has 2 aromatic rings. The van der Waals surface area contributed by atoms with E-state index in [9.17, 15) is 13.2 Å². The second kappa shape index (κ2) is 7.67. The van der Waals surface area contributed by atoms with Crippen LogP contribution >= 0.6 is 38.6 Å². The molecule has 0 radical (unpaired) electrons. The number of nitrogens with zero attached hydrogens (tertiary/aromatic N) is 1. The third-order valence-corrected chi connectivity index (χ3v) is 7.30. The molecule has 2 rings (SSSR count). The Morgan fingerprint density at radius 1 is 1.36 bits per heavy atom. The van der Waals surface area contributed by atoms with E-state index >= 15 is 0 Å². The first-order chi connectivity index (χ1) is 10.4. The minimum Gasteiger partial charge on any atom is -0.355 e. The highest BCUT2D eigenvalue weighted by Crippen LogP contribution is 2.31. The topological polar surface area (TPSA) is 76.1 Å². The number of thiophene rings is 1. The maximum atomic E-state index is 11.8. The van der Waals surface area contributed by atoms with Crippen molar-refractivity contribution in [3.8, 4) is 9.88 Å². The third-order valence-electron chi connectivity index (χ3n) is 2.85. The molecule has 0 aliphatic rings. The summed E-state index contributed by atoms with van der Waals surface area (Å²) in [5.74, 6) is -0.148. The van der Waals surface area contributed by atoms with Gasteiger partial charge in [-0.1, -0.05) is 6.92 Å². The highest BCUT2D eigenvalue weighted by atomic mass is 79.9. The zero-order valence-corrected chi connectivity index (χ0v) is 15.9. The summed E-state index contributed by atoms with van der Waals surface area (Å²) in [6.45, 7) is 1.74. The van der Waals surface area contributed by atoms with E-state index in [0.29, 0.717) is 5.69 Å². The maximum absolute atomic E-state index is 11.8. The van der Waals surface area contributed by atoms with Gasteiger partial charge in [-0.05, 0) is 22.0 Å². The zero-order chi connectivity index (χ0) is 16.2. The first-order valence-corrected chi connectivity index (χ1v) is 10.9. The van der Waals surface area contributed by atoms with Crippen LogP contribution in [0.15, 0.2) is 21.3 Å². The molecular formula is C13H15BrN2O3S3. The fourth-order valence-corrected chi connectivity index (χ4v) is 4.67. The monoisotopic (exact) mass is 422 g/mol.